The van der Waals surface area contributed by atoms with Crippen LogP contribution in [-0.4, -0.2) is 64.8 Å². The van der Waals surface area contributed by atoms with Crippen molar-refractivity contribution in [3.63, 3.8) is 0 Å². The highest BCUT2D eigenvalue weighted by atomic mass is 79.9. The lowest BCUT2D eigenvalue weighted by molar-refractivity contribution is -0.121. The number of aromatic nitrogens is 4. The van der Waals surface area contributed by atoms with E-state index in [-0.39, 0.29) is 11.9 Å². The van der Waals surface area contributed by atoms with E-state index < -0.39 is 0 Å². The Bertz CT molecular complexity index is 1120. The van der Waals surface area contributed by atoms with Crippen LogP contribution in [0.1, 0.15) is 23.5 Å². The number of hydrogen-bond donors (Lipinski definition) is 2. The maximum atomic E-state index is 12.8. The number of nitrogens with zero attached hydrogens (tertiary/aromatic N) is 5. The molecule has 35 heavy (non-hydrogen) atoms. The Morgan fingerprint density at radius 2 is 2.17 bits per heavy atom. The highest BCUT2D eigenvalue weighted by molar-refractivity contribution is 9.10. The first kappa shape index (κ1) is 25.1. The standard InChI is InChI=1S/C25H32BrN7O2/c1-18-13-24(31-23(30-18)6-10-32-11-8-28-17-32)33-12-9-27-16-20(33)15-25(34)29-7-5-19-3-4-22(35-2)21(26)14-19/h3-4,8,11,13-14,17,20,27H,5-7,9-10,12,15-16H2,1-2H3,(H,29,34). The molecule has 2 N–H and O–H groups in total. The largest absolute Gasteiger partial charge is 0.496 e. The lowest BCUT2D eigenvalue weighted by atomic mass is 10.1. The second-order valence-corrected chi connectivity index (χ2v) is 9.51. The molecule has 1 atom stereocenters. The van der Waals surface area contributed by atoms with Gasteiger partial charge < -0.3 is 24.8 Å². The third-order valence-electron chi connectivity index (χ3n) is 6.06. The van der Waals surface area contributed by atoms with Gasteiger partial charge in [-0.1, -0.05) is 6.07 Å². The first-order valence-electron chi connectivity index (χ1n) is 11.9. The van der Waals surface area contributed by atoms with Gasteiger partial charge in [0.15, 0.2) is 0 Å². The molecule has 1 saturated heterocycles. The summed E-state index contributed by atoms with van der Waals surface area (Å²) in [5, 5.41) is 6.50. The zero-order valence-electron chi connectivity index (χ0n) is 20.2. The zero-order valence-corrected chi connectivity index (χ0v) is 21.8. The number of nitrogens with one attached hydrogen (secondary N) is 2. The average Bonchev–Trinajstić information content (AvgIpc) is 3.37. The summed E-state index contributed by atoms with van der Waals surface area (Å²) in [7, 11) is 1.65. The molecule has 10 heteroatoms. The molecule has 0 bridgehead atoms. The number of imidazole rings is 1. The van der Waals surface area contributed by atoms with Crippen molar-refractivity contribution >= 4 is 27.7 Å². The van der Waals surface area contributed by atoms with Crippen LogP contribution >= 0.6 is 15.9 Å². The Labute approximate surface area is 214 Å². The molecule has 1 unspecified atom stereocenters. The first-order valence-corrected chi connectivity index (χ1v) is 12.7. The minimum Gasteiger partial charge on any atom is -0.496 e. The summed E-state index contributed by atoms with van der Waals surface area (Å²) in [4.78, 5) is 28.6. The summed E-state index contributed by atoms with van der Waals surface area (Å²) in [5.74, 6) is 2.54. The summed E-state index contributed by atoms with van der Waals surface area (Å²) in [6, 6.07) is 8.03. The van der Waals surface area contributed by atoms with Gasteiger partial charge in [0.05, 0.1) is 24.0 Å². The molecule has 0 radical (unpaired) electrons. The molecule has 1 fully saturated rings. The fourth-order valence-electron chi connectivity index (χ4n) is 4.26. The molecule has 186 valence electrons. The van der Waals surface area contributed by atoms with Crippen molar-refractivity contribution in [1.82, 2.24) is 30.2 Å². The maximum Gasteiger partial charge on any atom is 0.222 e. The van der Waals surface area contributed by atoms with E-state index in [4.69, 9.17) is 9.72 Å². The minimum absolute atomic E-state index is 0.0367. The van der Waals surface area contributed by atoms with Gasteiger partial charge in [-0.15, -0.1) is 0 Å². The average molecular weight is 542 g/mol. The van der Waals surface area contributed by atoms with E-state index in [1.54, 1.807) is 19.6 Å². The molecular formula is C25H32BrN7O2. The van der Waals surface area contributed by atoms with Gasteiger partial charge in [0, 0.05) is 69.7 Å². The van der Waals surface area contributed by atoms with Crippen molar-refractivity contribution in [3.05, 3.63) is 64.5 Å². The van der Waals surface area contributed by atoms with Crippen molar-refractivity contribution in [2.24, 2.45) is 0 Å². The zero-order chi connectivity index (χ0) is 24.6. The number of amides is 1. The molecule has 1 amide bonds. The van der Waals surface area contributed by atoms with Crippen molar-refractivity contribution in [3.8, 4) is 5.75 Å². The van der Waals surface area contributed by atoms with Crippen molar-refractivity contribution in [2.75, 3.05) is 38.2 Å². The number of carbonyl (C=O) groups excluding carboxylic acids is 1. The summed E-state index contributed by atoms with van der Waals surface area (Å²) < 4.78 is 8.21. The Kier molecular flexibility index (Phi) is 8.70. The van der Waals surface area contributed by atoms with Crippen molar-refractivity contribution in [1.29, 1.82) is 0 Å². The molecule has 3 heterocycles. The van der Waals surface area contributed by atoms with Crippen LogP contribution in [0.5, 0.6) is 5.75 Å². The van der Waals surface area contributed by atoms with Crippen LogP contribution in [0.25, 0.3) is 0 Å². The molecule has 3 aromatic rings. The van der Waals surface area contributed by atoms with Gasteiger partial charge in [0.2, 0.25) is 5.91 Å². The number of aryl methyl sites for hydroxylation is 3. The second-order valence-electron chi connectivity index (χ2n) is 8.66. The van der Waals surface area contributed by atoms with E-state index in [9.17, 15) is 4.79 Å². The van der Waals surface area contributed by atoms with E-state index in [0.717, 1.165) is 72.1 Å². The van der Waals surface area contributed by atoms with E-state index in [2.05, 4.69) is 41.4 Å². The van der Waals surface area contributed by atoms with Crippen LogP contribution in [0.4, 0.5) is 5.82 Å². The lowest BCUT2D eigenvalue weighted by Gasteiger charge is -2.37. The maximum absolute atomic E-state index is 12.8. The highest BCUT2D eigenvalue weighted by Crippen LogP contribution is 2.25. The number of rotatable bonds is 10. The van der Waals surface area contributed by atoms with Crippen LogP contribution < -0.4 is 20.3 Å². The van der Waals surface area contributed by atoms with Gasteiger partial charge in [-0.2, -0.15) is 0 Å². The summed E-state index contributed by atoms with van der Waals surface area (Å²) >= 11 is 3.51. The van der Waals surface area contributed by atoms with E-state index >= 15 is 0 Å². The summed E-state index contributed by atoms with van der Waals surface area (Å²) in [5.41, 5.74) is 2.07. The summed E-state index contributed by atoms with van der Waals surface area (Å²) in [6.07, 6.45) is 7.40. The van der Waals surface area contributed by atoms with E-state index in [1.165, 1.54) is 0 Å². The van der Waals surface area contributed by atoms with Crippen LogP contribution in [0.15, 0.2) is 47.5 Å². The SMILES string of the molecule is COc1ccc(CCNC(=O)CC2CNCCN2c2cc(C)nc(CCn3ccnc3)n2)cc1Br. The Morgan fingerprint density at radius 1 is 1.29 bits per heavy atom. The number of ether oxygens (including phenoxy) is 1. The molecule has 1 aliphatic heterocycles. The fraction of sp³-hybridized carbons (Fsp3) is 0.440. The predicted molar refractivity (Wildman–Crippen MR) is 139 cm³/mol. The van der Waals surface area contributed by atoms with Crippen LogP contribution in [-0.2, 0) is 24.2 Å². The quantitative estimate of drug-likeness (QED) is 0.407. The molecular weight excluding hydrogens is 510 g/mol. The van der Waals surface area contributed by atoms with Crippen LogP contribution in [0.3, 0.4) is 0 Å². The van der Waals surface area contributed by atoms with Crippen LogP contribution in [0, 0.1) is 6.92 Å². The van der Waals surface area contributed by atoms with Crippen molar-refractivity contribution in [2.45, 2.75) is 38.8 Å². The molecule has 1 aliphatic rings. The molecule has 0 spiro atoms. The normalized spacial score (nSPS) is 15.7. The summed E-state index contributed by atoms with van der Waals surface area (Å²) in [6.45, 7) is 5.76. The Hall–Kier alpha value is -2.98. The monoisotopic (exact) mass is 541 g/mol. The Morgan fingerprint density at radius 3 is 2.94 bits per heavy atom. The third kappa shape index (κ3) is 7.02. The lowest BCUT2D eigenvalue weighted by Crippen LogP contribution is -2.53. The number of benzene rings is 1. The predicted octanol–water partition coefficient (Wildman–Crippen LogP) is 2.52. The van der Waals surface area contributed by atoms with Crippen molar-refractivity contribution < 1.29 is 9.53 Å². The molecule has 0 saturated carbocycles. The topological polar surface area (TPSA) is 97.2 Å². The molecule has 2 aromatic heterocycles. The smallest absolute Gasteiger partial charge is 0.222 e. The molecule has 1 aromatic carbocycles. The number of piperazine rings is 1. The van der Waals surface area contributed by atoms with Crippen LogP contribution in [0.2, 0.25) is 0 Å². The van der Waals surface area contributed by atoms with Gasteiger partial charge in [0.25, 0.3) is 0 Å². The number of carbonyl (C=O) groups is 1. The molecule has 4 rings (SSSR count). The number of hydrogen-bond acceptors (Lipinski definition) is 7. The minimum atomic E-state index is 0.0367. The van der Waals surface area contributed by atoms with Gasteiger partial charge in [-0.25, -0.2) is 15.0 Å². The second kappa shape index (κ2) is 12.1. The fourth-order valence-corrected chi connectivity index (χ4v) is 4.85. The Balaban J connectivity index is 1.34. The van der Waals surface area contributed by atoms with Gasteiger partial charge >= 0.3 is 0 Å². The molecule has 9 nitrogen and oxygen atoms in total. The third-order valence-corrected chi connectivity index (χ3v) is 6.68. The number of methoxy groups -OCH3 is 1. The van der Waals surface area contributed by atoms with Gasteiger partial charge in [-0.05, 0) is 47.0 Å². The first-order chi connectivity index (χ1) is 17.0. The number of halogens is 1. The number of anilines is 1. The highest BCUT2D eigenvalue weighted by Gasteiger charge is 2.26. The van der Waals surface area contributed by atoms with Gasteiger partial charge in [0.1, 0.15) is 17.4 Å². The molecule has 0 aliphatic carbocycles. The van der Waals surface area contributed by atoms with E-state index in [0.29, 0.717) is 13.0 Å². The van der Waals surface area contributed by atoms with Gasteiger partial charge in [-0.3, -0.25) is 4.79 Å². The van der Waals surface area contributed by atoms with E-state index in [1.807, 2.05) is 42.0 Å².